The van der Waals surface area contributed by atoms with Crippen LogP contribution in [-0.2, 0) is 0 Å². The quantitative estimate of drug-likeness (QED) is 0.823. The highest BCUT2D eigenvalue weighted by molar-refractivity contribution is 8.14. The number of rotatable bonds is 2. The molecule has 4 atom stereocenters. The van der Waals surface area contributed by atoms with Crippen LogP contribution in [0.5, 0.6) is 0 Å². The average Bonchev–Trinajstić information content (AvgIpc) is 3.06. The number of carbonyl (C=O) groups is 1. The first-order chi connectivity index (χ1) is 12.1. The van der Waals surface area contributed by atoms with E-state index in [2.05, 4.69) is 22.6 Å². The molecule has 1 saturated heterocycles. The molecule has 25 heavy (non-hydrogen) atoms. The second-order valence-corrected chi connectivity index (χ2v) is 7.55. The van der Waals surface area contributed by atoms with Crippen molar-refractivity contribution in [2.24, 2.45) is 16.9 Å². The highest BCUT2D eigenvalue weighted by Gasteiger charge is 2.50. The van der Waals surface area contributed by atoms with E-state index in [1.165, 1.54) is 28.5 Å². The lowest BCUT2D eigenvalue weighted by Crippen LogP contribution is -2.52. The first-order valence-electron chi connectivity index (χ1n) is 7.42. The Morgan fingerprint density at radius 2 is 2.08 bits per heavy atom. The summed E-state index contributed by atoms with van der Waals surface area (Å²) in [5.74, 6) is -1.42. The van der Waals surface area contributed by atoms with Crippen molar-refractivity contribution in [2.75, 3.05) is 6.26 Å². The average molecular weight is 370 g/mol. The van der Waals surface area contributed by atoms with E-state index in [-0.39, 0.29) is 17.0 Å². The minimum Gasteiger partial charge on any atom is -0.300 e. The molecule has 2 heterocycles. The van der Waals surface area contributed by atoms with Gasteiger partial charge in [-0.25, -0.2) is 5.01 Å². The molecule has 0 bridgehead atoms. The van der Waals surface area contributed by atoms with Crippen LogP contribution in [-0.4, -0.2) is 38.8 Å². The summed E-state index contributed by atoms with van der Waals surface area (Å²) in [6.45, 7) is 0. The Bertz CT molecular complexity index is 812. The van der Waals surface area contributed by atoms with Gasteiger partial charge in [-0.2, -0.15) is 22.3 Å². The molecule has 2 aliphatic heterocycles. The third kappa shape index (κ3) is 3.09. The number of amides is 1. The van der Waals surface area contributed by atoms with E-state index in [0.717, 1.165) is 0 Å². The van der Waals surface area contributed by atoms with Gasteiger partial charge >= 0.3 is 0 Å². The molecule has 1 amide bonds. The number of nitriles is 2. The van der Waals surface area contributed by atoms with Crippen LogP contribution in [0.15, 0.2) is 35.4 Å². The molecule has 2 aliphatic rings. The summed E-state index contributed by atoms with van der Waals surface area (Å²) in [6, 6.07) is 13.1. The molecule has 1 fully saturated rings. The van der Waals surface area contributed by atoms with Gasteiger partial charge < -0.3 is 0 Å². The van der Waals surface area contributed by atoms with Crippen molar-refractivity contribution >= 4 is 40.4 Å². The normalized spacial score (nSPS) is 27.7. The summed E-state index contributed by atoms with van der Waals surface area (Å²) < 4.78 is 0. The lowest BCUT2D eigenvalue weighted by atomic mass is 9.90. The SMILES string of the molecule is CSC1C(C#N)C(=N)N2N=C(NC(=O)c3ccccc3)SC2C1C#N. The Balaban J connectivity index is 1.82. The van der Waals surface area contributed by atoms with Gasteiger partial charge in [0.25, 0.3) is 5.91 Å². The Hall–Kier alpha value is -2.49. The Kier molecular flexibility index (Phi) is 4.98. The summed E-state index contributed by atoms with van der Waals surface area (Å²) in [5.41, 5.74) is 0.500. The summed E-state index contributed by atoms with van der Waals surface area (Å²) in [6.07, 6.45) is 1.83. The van der Waals surface area contributed by atoms with E-state index in [9.17, 15) is 15.3 Å². The fourth-order valence-corrected chi connectivity index (χ4v) is 5.01. The van der Waals surface area contributed by atoms with E-state index in [1.807, 2.05) is 12.3 Å². The maximum Gasteiger partial charge on any atom is 0.257 e. The van der Waals surface area contributed by atoms with Crippen molar-refractivity contribution in [3.8, 4) is 12.1 Å². The molecule has 9 heteroatoms. The van der Waals surface area contributed by atoms with E-state index in [4.69, 9.17) is 5.41 Å². The zero-order valence-electron chi connectivity index (χ0n) is 13.2. The largest absolute Gasteiger partial charge is 0.300 e. The smallest absolute Gasteiger partial charge is 0.257 e. The third-order valence-electron chi connectivity index (χ3n) is 4.02. The van der Waals surface area contributed by atoms with E-state index >= 15 is 0 Å². The number of thioether (sulfide) groups is 2. The van der Waals surface area contributed by atoms with Gasteiger partial charge in [-0.3, -0.25) is 15.5 Å². The van der Waals surface area contributed by atoms with Crippen molar-refractivity contribution in [1.29, 1.82) is 15.9 Å². The van der Waals surface area contributed by atoms with Crippen LogP contribution < -0.4 is 5.32 Å². The topological polar surface area (TPSA) is 116 Å². The lowest BCUT2D eigenvalue weighted by molar-refractivity contribution is 0.0977. The molecule has 4 unspecified atom stereocenters. The number of carbonyl (C=O) groups excluding carboxylic acids is 1. The molecule has 1 aromatic rings. The minimum atomic E-state index is -0.704. The van der Waals surface area contributed by atoms with Crippen molar-refractivity contribution < 1.29 is 4.79 Å². The molecule has 0 saturated carbocycles. The third-order valence-corrected chi connectivity index (χ3v) is 6.27. The summed E-state index contributed by atoms with van der Waals surface area (Å²) in [4.78, 5) is 12.3. The van der Waals surface area contributed by atoms with Crippen molar-refractivity contribution in [3.63, 3.8) is 0 Å². The maximum absolute atomic E-state index is 12.3. The molecular formula is C16H14N6OS2. The number of amidine groups is 2. The molecule has 2 N–H and O–H groups in total. The van der Waals surface area contributed by atoms with E-state index in [1.54, 1.807) is 24.3 Å². The van der Waals surface area contributed by atoms with Crippen LogP contribution in [0.3, 0.4) is 0 Å². The number of nitrogens with zero attached hydrogens (tertiary/aromatic N) is 4. The fraction of sp³-hybridized carbons (Fsp3) is 0.312. The van der Waals surface area contributed by atoms with Gasteiger partial charge in [0.05, 0.1) is 18.1 Å². The van der Waals surface area contributed by atoms with Crippen LogP contribution in [0.25, 0.3) is 0 Å². The van der Waals surface area contributed by atoms with Gasteiger partial charge in [-0.1, -0.05) is 30.0 Å². The number of fused-ring (bicyclic) bond motifs is 1. The van der Waals surface area contributed by atoms with Crippen molar-refractivity contribution in [2.45, 2.75) is 10.6 Å². The second-order valence-electron chi connectivity index (χ2n) is 5.43. The molecule has 0 aromatic heterocycles. The number of nitrogens with one attached hydrogen (secondary N) is 2. The second kappa shape index (κ2) is 7.18. The van der Waals surface area contributed by atoms with Crippen LogP contribution in [0.4, 0.5) is 0 Å². The first-order valence-corrected chi connectivity index (χ1v) is 9.58. The zero-order valence-corrected chi connectivity index (χ0v) is 14.8. The van der Waals surface area contributed by atoms with Gasteiger partial charge in [-0.15, -0.1) is 5.10 Å². The molecule has 0 spiro atoms. The number of benzene rings is 1. The van der Waals surface area contributed by atoms with E-state index < -0.39 is 17.2 Å². The number of hydrogen-bond donors (Lipinski definition) is 2. The molecular weight excluding hydrogens is 356 g/mol. The molecule has 0 aliphatic carbocycles. The van der Waals surface area contributed by atoms with Gasteiger partial charge in [-0.05, 0) is 18.4 Å². The highest BCUT2D eigenvalue weighted by atomic mass is 32.2. The van der Waals surface area contributed by atoms with Crippen LogP contribution >= 0.6 is 23.5 Å². The van der Waals surface area contributed by atoms with Crippen molar-refractivity contribution in [3.05, 3.63) is 35.9 Å². The van der Waals surface area contributed by atoms with E-state index in [0.29, 0.717) is 10.7 Å². The van der Waals surface area contributed by atoms with Crippen LogP contribution in [0, 0.1) is 39.9 Å². The Labute approximate surface area is 153 Å². The Morgan fingerprint density at radius 1 is 1.36 bits per heavy atom. The summed E-state index contributed by atoms with van der Waals surface area (Å²) in [7, 11) is 0. The van der Waals surface area contributed by atoms with Gasteiger partial charge in [0, 0.05) is 10.8 Å². The fourth-order valence-electron chi connectivity index (χ4n) is 2.79. The molecule has 0 radical (unpaired) electrons. The standard InChI is InChI=1S/C16H14N6OS2/c1-24-12-10(7-17)13(19)22-15(11(12)8-18)25-16(21-22)20-14(23)9-5-3-2-4-6-9/h2-6,10-12,15,19H,1H3,(H,20,21,23). The number of hydrogen-bond acceptors (Lipinski definition) is 7. The van der Waals surface area contributed by atoms with Crippen LogP contribution in [0.1, 0.15) is 10.4 Å². The predicted molar refractivity (Wildman–Crippen MR) is 97.8 cm³/mol. The first kappa shape index (κ1) is 17.3. The Morgan fingerprint density at radius 3 is 2.68 bits per heavy atom. The summed E-state index contributed by atoms with van der Waals surface area (Å²) in [5, 5.41) is 35.2. The van der Waals surface area contributed by atoms with Gasteiger partial charge in [0.2, 0.25) is 0 Å². The molecule has 1 aromatic carbocycles. The molecule has 7 nitrogen and oxygen atoms in total. The van der Waals surface area contributed by atoms with Gasteiger partial charge in [0.1, 0.15) is 17.1 Å². The van der Waals surface area contributed by atoms with Gasteiger partial charge in [0.15, 0.2) is 5.17 Å². The summed E-state index contributed by atoms with van der Waals surface area (Å²) >= 11 is 2.66. The molecule has 3 rings (SSSR count). The lowest BCUT2D eigenvalue weighted by Gasteiger charge is -2.39. The maximum atomic E-state index is 12.3. The predicted octanol–water partition coefficient (Wildman–Crippen LogP) is 2.06. The minimum absolute atomic E-state index is 0.0646. The van der Waals surface area contributed by atoms with Crippen LogP contribution in [0.2, 0.25) is 0 Å². The molecule has 126 valence electrons. The zero-order chi connectivity index (χ0) is 18.0. The highest BCUT2D eigenvalue weighted by Crippen LogP contribution is 2.43. The number of piperidine rings is 1. The monoisotopic (exact) mass is 370 g/mol. The number of hydrazone groups is 1. The van der Waals surface area contributed by atoms with Crippen molar-refractivity contribution in [1.82, 2.24) is 10.3 Å².